The molecule has 390 valence electrons. The second-order valence-electron chi connectivity index (χ2n) is 19.5. The Balaban J connectivity index is 4.29. The molecule has 0 bridgehead atoms. The van der Waals surface area contributed by atoms with Crippen molar-refractivity contribution >= 4 is 17.9 Å². The fourth-order valence-electron chi connectivity index (χ4n) is 8.33. The Morgan fingerprint density at radius 2 is 0.552 bits per heavy atom. The van der Waals surface area contributed by atoms with E-state index in [-0.39, 0.29) is 31.1 Å². The molecule has 0 aliphatic heterocycles. The zero-order valence-electron chi connectivity index (χ0n) is 44.7. The third kappa shape index (κ3) is 54.2. The van der Waals surface area contributed by atoms with Crippen LogP contribution in [0.3, 0.4) is 0 Å². The molecule has 1 atom stereocenters. The van der Waals surface area contributed by atoms with E-state index in [1.165, 1.54) is 186 Å². The minimum Gasteiger partial charge on any atom is -0.462 e. The molecule has 0 aliphatic carbocycles. The third-order valence-electron chi connectivity index (χ3n) is 12.8. The monoisotopic (exact) mass is 939 g/mol. The van der Waals surface area contributed by atoms with Crippen molar-refractivity contribution in [3.63, 3.8) is 0 Å². The zero-order chi connectivity index (χ0) is 48.6. The number of allylic oxidation sites excluding steroid dienone is 8. The molecule has 0 rings (SSSR count). The third-order valence-corrected chi connectivity index (χ3v) is 12.8. The highest BCUT2D eigenvalue weighted by Crippen LogP contribution is 2.16. The minimum atomic E-state index is -0.778. The molecule has 0 aromatic rings. The highest BCUT2D eigenvalue weighted by atomic mass is 16.6. The van der Waals surface area contributed by atoms with E-state index in [2.05, 4.69) is 69.4 Å². The predicted octanol–water partition coefficient (Wildman–Crippen LogP) is 19.4. The van der Waals surface area contributed by atoms with Gasteiger partial charge in [0.05, 0.1) is 0 Å². The van der Waals surface area contributed by atoms with Crippen molar-refractivity contribution in [2.24, 2.45) is 0 Å². The average Bonchev–Trinajstić information content (AvgIpc) is 3.33. The van der Waals surface area contributed by atoms with Crippen LogP contribution in [0.15, 0.2) is 48.6 Å². The molecule has 6 nitrogen and oxygen atoms in total. The molecule has 0 unspecified atom stereocenters. The van der Waals surface area contributed by atoms with Crippen molar-refractivity contribution in [1.82, 2.24) is 0 Å². The van der Waals surface area contributed by atoms with E-state index < -0.39 is 6.10 Å². The minimum absolute atomic E-state index is 0.0773. The summed E-state index contributed by atoms with van der Waals surface area (Å²) >= 11 is 0. The maximum Gasteiger partial charge on any atom is 0.306 e. The van der Waals surface area contributed by atoms with Crippen LogP contribution in [0.1, 0.15) is 303 Å². The van der Waals surface area contributed by atoms with Gasteiger partial charge in [0.2, 0.25) is 0 Å². The van der Waals surface area contributed by atoms with Crippen LogP contribution in [0.4, 0.5) is 0 Å². The fraction of sp³-hybridized carbons (Fsp3) is 0.820. The van der Waals surface area contributed by atoms with Crippen LogP contribution in [-0.4, -0.2) is 37.2 Å². The maximum absolute atomic E-state index is 12.8. The zero-order valence-corrected chi connectivity index (χ0v) is 44.7. The first-order valence-corrected chi connectivity index (χ1v) is 29.1. The standard InChI is InChI=1S/C61H110O6/c1-4-7-10-13-16-19-22-24-26-28-30-32-34-36-39-41-44-47-50-53-59(62)65-56-58(67-61(64)55-52-49-46-43-38-21-18-15-12-9-6-3)57-66-60(63)54-51-48-45-42-40-37-35-33-31-29-27-25-23-20-17-14-11-8-5-2/h15-16,18-19,24-27,58H,4-14,17,20-23,28-57H2,1-3H3/b18-15-,19-16-,26-24-,27-25-/t58-/m1/s1. The Kier molecular flexibility index (Phi) is 53.8. The lowest BCUT2D eigenvalue weighted by atomic mass is 10.1. The maximum atomic E-state index is 12.8. The van der Waals surface area contributed by atoms with Crippen LogP contribution < -0.4 is 0 Å². The smallest absolute Gasteiger partial charge is 0.306 e. The van der Waals surface area contributed by atoms with Gasteiger partial charge in [-0.05, 0) is 96.3 Å². The molecule has 0 saturated carbocycles. The van der Waals surface area contributed by atoms with E-state index in [1.54, 1.807) is 0 Å². The number of ether oxygens (including phenoxy) is 3. The molecule has 0 N–H and O–H groups in total. The van der Waals surface area contributed by atoms with Crippen LogP contribution >= 0.6 is 0 Å². The summed E-state index contributed by atoms with van der Waals surface area (Å²) in [5.74, 6) is -0.881. The second-order valence-corrected chi connectivity index (χ2v) is 19.5. The number of hydrogen-bond acceptors (Lipinski definition) is 6. The summed E-state index contributed by atoms with van der Waals surface area (Å²) in [5, 5.41) is 0. The van der Waals surface area contributed by atoms with Crippen LogP contribution in [0.5, 0.6) is 0 Å². The SMILES string of the molecule is CCCC/C=C\CCCCCCCC(=O)O[C@H](COC(=O)CCCCCCCCCCC/C=C\C/C=C\CCCCC)COC(=O)CCCCCCCCCCC/C=C\CCCCCCCC. The van der Waals surface area contributed by atoms with Gasteiger partial charge in [-0.3, -0.25) is 14.4 Å². The van der Waals surface area contributed by atoms with Crippen molar-refractivity contribution in [3.8, 4) is 0 Å². The molecule has 67 heavy (non-hydrogen) atoms. The molecule has 6 heteroatoms. The van der Waals surface area contributed by atoms with Gasteiger partial charge in [-0.15, -0.1) is 0 Å². The molecule has 0 heterocycles. The molecule has 0 fully saturated rings. The van der Waals surface area contributed by atoms with Crippen molar-refractivity contribution in [1.29, 1.82) is 0 Å². The average molecular weight is 940 g/mol. The number of rotatable bonds is 53. The Morgan fingerprint density at radius 3 is 0.910 bits per heavy atom. The largest absolute Gasteiger partial charge is 0.462 e. The number of carbonyl (C=O) groups is 3. The second kappa shape index (κ2) is 56.0. The lowest BCUT2D eigenvalue weighted by Crippen LogP contribution is -2.30. The summed E-state index contributed by atoms with van der Waals surface area (Å²) in [6, 6.07) is 0. The van der Waals surface area contributed by atoms with Crippen LogP contribution in [0, 0.1) is 0 Å². The van der Waals surface area contributed by atoms with Crippen molar-refractivity contribution < 1.29 is 28.6 Å². The number of unbranched alkanes of at least 4 members (excludes halogenated alkanes) is 34. The Labute approximate surface area is 416 Å². The lowest BCUT2D eigenvalue weighted by Gasteiger charge is -2.18. The summed E-state index contributed by atoms with van der Waals surface area (Å²) in [6.45, 7) is 6.59. The first-order chi connectivity index (χ1) is 33.0. The molecule has 0 aromatic carbocycles. The van der Waals surface area contributed by atoms with E-state index >= 15 is 0 Å². The van der Waals surface area contributed by atoms with E-state index in [1.807, 2.05) is 0 Å². The molecule has 0 amide bonds. The van der Waals surface area contributed by atoms with Crippen molar-refractivity contribution in [3.05, 3.63) is 48.6 Å². The van der Waals surface area contributed by atoms with Gasteiger partial charge in [0.25, 0.3) is 0 Å². The van der Waals surface area contributed by atoms with E-state index in [4.69, 9.17) is 14.2 Å². The van der Waals surface area contributed by atoms with Crippen LogP contribution in [0.2, 0.25) is 0 Å². The first kappa shape index (κ1) is 64.4. The highest BCUT2D eigenvalue weighted by molar-refractivity contribution is 5.71. The van der Waals surface area contributed by atoms with Crippen LogP contribution in [0.25, 0.3) is 0 Å². The topological polar surface area (TPSA) is 78.9 Å². The highest BCUT2D eigenvalue weighted by Gasteiger charge is 2.19. The quantitative estimate of drug-likeness (QED) is 0.0262. The Bertz CT molecular complexity index is 1170. The Morgan fingerprint density at radius 1 is 0.299 bits per heavy atom. The fourth-order valence-corrected chi connectivity index (χ4v) is 8.33. The first-order valence-electron chi connectivity index (χ1n) is 29.1. The Hall–Kier alpha value is -2.63. The van der Waals surface area contributed by atoms with Gasteiger partial charge in [-0.25, -0.2) is 0 Å². The molecule has 0 saturated heterocycles. The lowest BCUT2D eigenvalue weighted by molar-refractivity contribution is -0.167. The molecule has 0 radical (unpaired) electrons. The van der Waals surface area contributed by atoms with E-state index in [9.17, 15) is 14.4 Å². The van der Waals surface area contributed by atoms with E-state index in [0.29, 0.717) is 19.3 Å². The molecular formula is C61H110O6. The molecule has 0 aliphatic rings. The van der Waals surface area contributed by atoms with Crippen LogP contribution in [-0.2, 0) is 28.6 Å². The van der Waals surface area contributed by atoms with Crippen molar-refractivity contribution in [2.45, 2.75) is 309 Å². The van der Waals surface area contributed by atoms with Gasteiger partial charge in [0.1, 0.15) is 13.2 Å². The van der Waals surface area contributed by atoms with Crippen molar-refractivity contribution in [2.75, 3.05) is 13.2 Å². The predicted molar refractivity (Wildman–Crippen MR) is 289 cm³/mol. The summed E-state index contributed by atoms with van der Waals surface area (Å²) in [6.07, 6.45) is 68.2. The number of carbonyl (C=O) groups excluding carboxylic acids is 3. The summed E-state index contributed by atoms with van der Waals surface area (Å²) in [4.78, 5) is 38.1. The van der Waals surface area contributed by atoms with Gasteiger partial charge in [-0.2, -0.15) is 0 Å². The van der Waals surface area contributed by atoms with Gasteiger partial charge in [-0.1, -0.05) is 236 Å². The number of esters is 3. The number of hydrogen-bond donors (Lipinski definition) is 0. The summed E-state index contributed by atoms with van der Waals surface area (Å²) in [7, 11) is 0. The van der Waals surface area contributed by atoms with Gasteiger partial charge >= 0.3 is 17.9 Å². The normalized spacial score (nSPS) is 12.3. The summed E-state index contributed by atoms with van der Waals surface area (Å²) in [5.41, 5.74) is 0. The summed E-state index contributed by atoms with van der Waals surface area (Å²) < 4.78 is 16.9. The molecular weight excluding hydrogens is 829 g/mol. The van der Waals surface area contributed by atoms with Gasteiger partial charge in [0.15, 0.2) is 6.10 Å². The van der Waals surface area contributed by atoms with Gasteiger partial charge in [0, 0.05) is 19.3 Å². The van der Waals surface area contributed by atoms with E-state index in [0.717, 1.165) is 77.0 Å². The van der Waals surface area contributed by atoms with Gasteiger partial charge < -0.3 is 14.2 Å². The molecule has 0 aromatic heterocycles. The molecule has 0 spiro atoms.